The van der Waals surface area contributed by atoms with Crippen molar-refractivity contribution in [3.05, 3.63) is 29.8 Å². The van der Waals surface area contributed by atoms with E-state index >= 15 is 0 Å². The lowest BCUT2D eigenvalue weighted by atomic mass is 10.2. The Morgan fingerprint density at radius 3 is 2.39 bits per heavy atom. The fourth-order valence-electron chi connectivity index (χ4n) is 1.23. The summed E-state index contributed by atoms with van der Waals surface area (Å²) >= 11 is 0. The van der Waals surface area contributed by atoms with Gasteiger partial charge < -0.3 is 19.7 Å². The Morgan fingerprint density at radius 1 is 1.22 bits per heavy atom. The molecule has 0 saturated heterocycles. The van der Waals surface area contributed by atoms with E-state index in [9.17, 15) is 9.59 Å². The van der Waals surface area contributed by atoms with Crippen LogP contribution >= 0.6 is 0 Å². The van der Waals surface area contributed by atoms with Crippen molar-refractivity contribution in [3.8, 4) is 5.75 Å². The van der Waals surface area contributed by atoms with Gasteiger partial charge in [0.2, 0.25) is 0 Å². The molecule has 0 spiro atoms. The van der Waals surface area contributed by atoms with Gasteiger partial charge in [0.1, 0.15) is 17.4 Å². The SMILES string of the molecule is CC(=O)Oc1ccccc1C(=O)OC(CO)CO. The molecule has 0 heterocycles. The first-order valence-corrected chi connectivity index (χ1v) is 5.28. The van der Waals surface area contributed by atoms with Gasteiger partial charge in [0.15, 0.2) is 0 Å². The van der Waals surface area contributed by atoms with Crippen LogP contribution in [-0.2, 0) is 9.53 Å². The smallest absolute Gasteiger partial charge is 0.342 e. The lowest BCUT2D eigenvalue weighted by molar-refractivity contribution is -0.131. The van der Waals surface area contributed by atoms with Crippen LogP contribution in [0.15, 0.2) is 24.3 Å². The Hall–Kier alpha value is -1.92. The summed E-state index contributed by atoms with van der Waals surface area (Å²) < 4.78 is 9.68. The number of hydrogen-bond donors (Lipinski definition) is 2. The molecule has 98 valence electrons. The van der Waals surface area contributed by atoms with Crippen molar-refractivity contribution in [2.45, 2.75) is 13.0 Å². The summed E-state index contributed by atoms with van der Waals surface area (Å²) in [6.07, 6.45) is -0.997. The second-order valence-corrected chi connectivity index (χ2v) is 3.48. The van der Waals surface area contributed by atoms with Gasteiger partial charge in [-0.05, 0) is 12.1 Å². The van der Waals surface area contributed by atoms with Crippen LogP contribution in [0, 0.1) is 0 Å². The van der Waals surface area contributed by atoms with Gasteiger partial charge in [-0.3, -0.25) is 4.79 Å². The highest BCUT2D eigenvalue weighted by Crippen LogP contribution is 2.19. The van der Waals surface area contributed by atoms with Crippen molar-refractivity contribution in [1.29, 1.82) is 0 Å². The third-order valence-corrected chi connectivity index (χ3v) is 2.04. The molecule has 1 aromatic carbocycles. The van der Waals surface area contributed by atoms with Crippen molar-refractivity contribution < 1.29 is 29.3 Å². The van der Waals surface area contributed by atoms with E-state index < -0.39 is 31.3 Å². The van der Waals surface area contributed by atoms with Gasteiger partial charge in [-0.1, -0.05) is 12.1 Å². The number of aliphatic hydroxyl groups is 2. The molecule has 0 bridgehead atoms. The number of benzene rings is 1. The highest BCUT2D eigenvalue weighted by Gasteiger charge is 2.18. The van der Waals surface area contributed by atoms with E-state index in [4.69, 9.17) is 19.7 Å². The van der Waals surface area contributed by atoms with Crippen LogP contribution in [0.3, 0.4) is 0 Å². The Labute approximate surface area is 104 Å². The number of rotatable bonds is 5. The third kappa shape index (κ3) is 3.83. The maximum atomic E-state index is 11.7. The molecule has 0 saturated carbocycles. The predicted molar refractivity (Wildman–Crippen MR) is 61.1 cm³/mol. The third-order valence-electron chi connectivity index (χ3n) is 2.04. The predicted octanol–water partition coefficient (Wildman–Crippen LogP) is 0.122. The van der Waals surface area contributed by atoms with Gasteiger partial charge in [-0.2, -0.15) is 0 Å². The summed E-state index contributed by atoms with van der Waals surface area (Å²) in [5.41, 5.74) is 0.0552. The van der Waals surface area contributed by atoms with Crippen LogP contribution in [0.1, 0.15) is 17.3 Å². The van der Waals surface area contributed by atoms with Gasteiger partial charge in [0.25, 0.3) is 0 Å². The molecule has 0 aliphatic rings. The average Bonchev–Trinajstić information content (AvgIpc) is 2.35. The van der Waals surface area contributed by atoms with Gasteiger partial charge in [-0.25, -0.2) is 4.79 Å². The van der Waals surface area contributed by atoms with Gasteiger partial charge >= 0.3 is 11.9 Å². The molecular formula is C12H14O6. The molecule has 1 aromatic rings. The van der Waals surface area contributed by atoms with Gasteiger partial charge in [-0.15, -0.1) is 0 Å². The molecule has 0 aliphatic carbocycles. The Balaban J connectivity index is 2.87. The minimum Gasteiger partial charge on any atom is -0.454 e. The van der Waals surface area contributed by atoms with E-state index in [1.54, 1.807) is 12.1 Å². The van der Waals surface area contributed by atoms with E-state index in [0.29, 0.717) is 0 Å². The Morgan fingerprint density at radius 2 is 1.83 bits per heavy atom. The van der Waals surface area contributed by atoms with Crippen LogP contribution in [0.25, 0.3) is 0 Å². The maximum Gasteiger partial charge on any atom is 0.342 e. The van der Waals surface area contributed by atoms with E-state index in [1.165, 1.54) is 19.1 Å². The maximum absolute atomic E-state index is 11.7. The molecule has 6 nitrogen and oxygen atoms in total. The zero-order valence-electron chi connectivity index (χ0n) is 9.83. The van der Waals surface area contributed by atoms with Crippen LogP contribution < -0.4 is 4.74 Å². The van der Waals surface area contributed by atoms with E-state index in [1.807, 2.05) is 0 Å². The van der Waals surface area contributed by atoms with Crippen molar-refractivity contribution in [3.63, 3.8) is 0 Å². The van der Waals surface area contributed by atoms with Crippen molar-refractivity contribution in [1.82, 2.24) is 0 Å². The summed E-state index contributed by atoms with van der Waals surface area (Å²) in [6, 6.07) is 6.05. The molecule has 2 N–H and O–H groups in total. The monoisotopic (exact) mass is 254 g/mol. The average molecular weight is 254 g/mol. The lowest BCUT2D eigenvalue weighted by Crippen LogP contribution is -2.26. The molecule has 0 amide bonds. The number of para-hydroxylation sites is 1. The number of esters is 2. The summed E-state index contributed by atoms with van der Waals surface area (Å²) in [7, 11) is 0. The second-order valence-electron chi connectivity index (χ2n) is 3.48. The first-order chi connectivity index (χ1) is 8.58. The second kappa shape index (κ2) is 6.73. The molecular weight excluding hydrogens is 240 g/mol. The normalized spacial score (nSPS) is 10.2. The summed E-state index contributed by atoms with van der Waals surface area (Å²) in [6.45, 7) is 0.238. The first kappa shape index (κ1) is 14.1. The van der Waals surface area contributed by atoms with Crippen molar-refractivity contribution in [2.75, 3.05) is 13.2 Å². The minimum absolute atomic E-state index is 0.0552. The topological polar surface area (TPSA) is 93.1 Å². The number of carbonyl (C=O) groups is 2. The van der Waals surface area contributed by atoms with Crippen molar-refractivity contribution in [2.24, 2.45) is 0 Å². The van der Waals surface area contributed by atoms with E-state index in [2.05, 4.69) is 0 Å². The summed E-state index contributed by atoms with van der Waals surface area (Å²) in [5, 5.41) is 17.6. The molecule has 0 aliphatic heterocycles. The fraction of sp³-hybridized carbons (Fsp3) is 0.333. The minimum atomic E-state index is -0.997. The molecule has 0 atom stereocenters. The first-order valence-electron chi connectivity index (χ1n) is 5.28. The molecule has 0 fully saturated rings. The standard InChI is InChI=1S/C12H14O6/c1-8(15)17-11-5-3-2-4-10(11)12(16)18-9(6-13)7-14/h2-5,9,13-14H,6-7H2,1H3. The van der Waals surface area contributed by atoms with Crippen molar-refractivity contribution >= 4 is 11.9 Å². The van der Waals surface area contributed by atoms with Crippen LogP contribution in [-0.4, -0.2) is 41.5 Å². The van der Waals surface area contributed by atoms with Gasteiger partial charge in [0.05, 0.1) is 13.2 Å². The molecule has 18 heavy (non-hydrogen) atoms. The number of ether oxygens (including phenoxy) is 2. The Kier molecular flexibility index (Phi) is 5.29. The molecule has 0 radical (unpaired) electrons. The summed E-state index contributed by atoms with van der Waals surface area (Å²) in [5.74, 6) is -1.26. The molecule has 0 aromatic heterocycles. The summed E-state index contributed by atoms with van der Waals surface area (Å²) in [4.78, 5) is 22.6. The highest BCUT2D eigenvalue weighted by molar-refractivity contribution is 5.93. The van der Waals surface area contributed by atoms with E-state index in [-0.39, 0.29) is 11.3 Å². The largest absolute Gasteiger partial charge is 0.454 e. The fourth-order valence-corrected chi connectivity index (χ4v) is 1.23. The lowest BCUT2D eigenvalue weighted by Gasteiger charge is -2.14. The van der Waals surface area contributed by atoms with Crippen LogP contribution in [0.4, 0.5) is 0 Å². The van der Waals surface area contributed by atoms with E-state index in [0.717, 1.165) is 0 Å². The zero-order valence-corrected chi connectivity index (χ0v) is 9.83. The highest BCUT2D eigenvalue weighted by atomic mass is 16.6. The van der Waals surface area contributed by atoms with Crippen LogP contribution in [0.5, 0.6) is 5.75 Å². The zero-order chi connectivity index (χ0) is 13.5. The molecule has 6 heteroatoms. The van der Waals surface area contributed by atoms with Crippen LogP contribution in [0.2, 0.25) is 0 Å². The Bertz CT molecular complexity index is 424. The molecule has 1 rings (SSSR count). The quantitative estimate of drug-likeness (QED) is 0.572. The number of carbonyl (C=O) groups excluding carboxylic acids is 2. The van der Waals surface area contributed by atoms with Gasteiger partial charge in [0, 0.05) is 6.92 Å². The number of hydrogen-bond acceptors (Lipinski definition) is 6. The number of aliphatic hydroxyl groups excluding tert-OH is 2. The molecule has 0 unspecified atom stereocenters.